The number of rotatable bonds is 7. The molecule has 20 heavy (non-hydrogen) atoms. The van der Waals surface area contributed by atoms with Crippen LogP contribution in [0, 0.1) is 5.82 Å². The van der Waals surface area contributed by atoms with Crippen LogP contribution in [-0.4, -0.2) is 17.8 Å². The van der Waals surface area contributed by atoms with Crippen molar-refractivity contribution in [1.82, 2.24) is 5.32 Å². The summed E-state index contributed by atoms with van der Waals surface area (Å²) in [4.78, 5) is 2.32. The SMILES string of the molecule is CC(CCCO)NCc1ccc(-c2cccc(F)c2)s1. The minimum absolute atomic E-state index is 0.201. The van der Waals surface area contributed by atoms with Crippen molar-refractivity contribution in [2.75, 3.05) is 6.61 Å². The normalized spacial score (nSPS) is 12.6. The zero-order valence-electron chi connectivity index (χ0n) is 11.6. The summed E-state index contributed by atoms with van der Waals surface area (Å²) in [7, 11) is 0. The summed E-state index contributed by atoms with van der Waals surface area (Å²) in [6.45, 7) is 3.18. The van der Waals surface area contributed by atoms with Gasteiger partial charge in [-0.3, -0.25) is 0 Å². The van der Waals surface area contributed by atoms with E-state index < -0.39 is 0 Å². The molecule has 0 bridgehead atoms. The number of benzene rings is 1. The Labute approximate surface area is 123 Å². The Bertz CT molecular complexity index is 541. The average Bonchev–Trinajstić information content (AvgIpc) is 2.92. The molecule has 2 rings (SSSR count). The number of hydrogen-bond acceptors (Lipinski definition) is 3. The third-order valence-corrected chi connectivity index (χ3v) is 4.33. The van der Waals surface area contributed by atoms with E-state index in [1.807, 2.05) is 12.1 Å². The van der Waals surface area contributed by atoms with Crippen LogP contribution in [0.3, 0.4) is 0 Å². The predicted molar refractivity (Wildman–Crippen MR) is 82.3 cm³/mol. The maximum atomic E-state index is 13.2. The number of hydrogen-bond donors (Lipinski definition) is 2. The molecule has 2 nitrogen and oxygen atoms in total. The average molecular weight is 293 g/mol. The van der Waals surface area contributed by atoms with Gasteiger partial charge in [-0.15, -0.1) is 11.3 Å². The number of thiophene rings is 1. The molecule has 2 aromatic rings. The molecule has 2 N–H and O–H groups in total. The van der Waals surface area contributed by atoms with Crippen LogP contribution in [0.5, 0.6) is 0 Å². The Balaban J connectivity index is 1.92. The van der Waals surface area contributed by atoms with Crippen LogP contribution < -0.4 is 5.32 Å². The molecule has 0 aliphatic heterocycles. The molecule has 1 aromatic carbocycles. The van der Waals surface area contributed by atoms with Gasteiger partial charge in [-0.25, -0.2) is 4.39 Å². The minimum atomic E-state index is -0.201. The van der Waals surface area contributed by atoms with Crippen molar-refractivity contribution >= 4 is 11.3 Å². The van der Waals surface area contributed by atoms with Gasteiger partial charge < -0.3 is 10.4 Å². The molecule has 1 unspecified atom stereocenters. The Morgan fingerprint density at radius 2 is 2.15 bits per heavy atom. The van der Waals surface area contributed by atoms with Crippen LogP contribution in [-0.2, 0) is 6.54 Å². The van der Waals surface area contributed by atoms with Crippen molar-refractivity contribution < 1.29 is 9.50 Å². The lowest BCUT2D eigenvalue weighted by atomic mass is 10.2. The van der Waals surface area contributed by atoms with Gasteiger partial charge in [-0.05, 0) is 49.6 Å². The zero-order valence-corrected chi connectivity index (χ0v) is 12.4. The zero-order chi connectivity index (χ0) is 14.4. The van der Waals surface area contributed by atoms with Crippen LogP contribution in [0.1, 0.15) is 24.6 Å². The lowest BCUT2D eigenvalue weighted by molar-refractivity contribution is 0.276. The van der Waals surface area contributed by atoms with E-state index in [2.05, 4.69) is 18.3 Å². The van der Waals surface area contributed by atoms with Crippen molar-refractivity contribution in [3.05, 3.63) is 47.1 Å². The standard InChI is InChI=1S/C16H20FNOS/c1-12(4-3-9-19)18-11-15-7-8-16(20-15)13-5-2-6-14(17)10-13/h2,5-8,10,12,18-19H,3-4,9,11H2,1H3. The van der Waals surface area contributed by atoms with Crippen molar-refractivity contribution in [3.8, 4) is 10.4 Å². The molecule has 1 heterocycles. The Morgan fingerprint density at radius 3 is 2.90 bits per heavy atom. The summed E-state index contributed by atoms with van der Waals surface area (Å²) < 4.78 is 13.2. The molecule has 0 fully saturated rings. The van der Waals surface area contributed by atoms with Gasteiger partial charge in [0, 0.05) is 28.9 Å². The highest BCUT2D eigenvalue weighted by Gasteiger charge is 2.06. The van der Waals surface area contributed by atoms with E-state index in [1.165, 1.54) is 10.9 Å². The van der Waals surface area contributed by atoms with Gasteiger partial charge in [0.2, 0.25) is 0 Å². The van der Waals surface area contributed by atoms with Gasteiger partial charge in [-0.1, -0.05) is 12.1 Å². The fraction of sp³-hybridized carbons (Fsp3) is 0.375. The molecule has 0 radical (unpaired) electrons. The van der Waals surface area contributed by atoms with Gasteiger partial charge in [0.1, 0.15) is 5.82 Å². The van der Waals surface area contributed by atoms with Crippen LogP contribution in [0.2, 0.25) is 0 Å². The van der Waals surface area contributed by atoms with E-state index in [1.54, 1.807) is 23.5 Å². The van der Waals surface area contributed by atoms with Crippen molar-refractivity contribution in [2.45, 2.75) is 32.4 Å². The first kappa shape index (κ1) is 15.2. The second-order valence-corrected chi connectivity index (χ2v) is 6.09. The smallest absolute Gasteiger partial charge is 0.123 e. The van der Waals surface area contributed by atoms with Gasteiger partial charge in [0.15, 0.2) is 0 Å². The summed E-state index contributed by atoms with van der Waals surface area (Å²) >= 11 is 1.68. The summed E-state index contributed by atoms with van der Waals surface area (Å²) in [5, 5.41) is 12.2. The molecule has 0 amide bonds. The van der Waals surface area contributed by atoms with E-state index >= 15 is 0 Å². The van der Waals surface area contributed by atoms with Crippen LogP contribution in [0.15, 0.2) is 36.4 Å². The molecular formula is C16H20FNOS. The largest absolute Gasteiger partial charge is 0.396 e. The first-order valence-corrected chi connectivity index (χ1v) is 7.69. The maximum Gasteiger partial charge on any atom is 0.123 e. The second-order valence-electron chi connectivity index (χ2n) is 4.92. The van der Waals surface area contributed by atoms with Gasteiger partial charge in [0.05, 0.1) is 0 Å². The lowest BCUT2D eigenvalue weighted by Gasteiger charge is -2.11. The van der Waals surface area contributed by atoms with Gasteiger partial charge >= 0.3 is 0 Å². The van der Waals surface area contributed by atoms with Gasteiger partial charge in [0.25, 0.3) is 0 Å². The van der Waals surface area contributed by atoms with Crippen molar-refractivity contribution in [1.29, 1.82) is 0 Å². The summed E-state index contributed by atoms with van der Waals surface area (Å²) in [6, 6.07) is 11.2. The Morgan fingerprint density at radius 1 is 1.30 bits per heavy atom. The van der Waals surface area contributed by atoms with Crippen LogP contribution in [0.25, 0.3) is 10.4 Å². The summed E-state index contributed by atoms with van der Waals surface area (Å²) in [5.74, 6) is -0.201. The predicted octanol–water partition coefficient (Wildman–Crippen LogP) is 3.80. The second kappa shape index (κ2) is 7.53. The highest BCUT2D eigenvalue weighted by molar-refractivity contribution is 7.15. The van der Waals surface area contributed by atoms with Crippen LogP contribution in [0.4, 0.5) is 4.39 Å². The van der Waals surface area contributed by atoms with E-state index in [0.29, 0.717) is 6.04 Å². The highest BCUT2D eigenvalue weighted by atomic mass is 32.1. The summed E-state index contributed by atoms with van der Waals surface area (Å²) in [6.07, 6.45) is 1.80. The van der Waals surface area contributed by atoms with Crippen LogP contribution >= 0.6 is 11.3 Å². The third kappa shape index (κ3) is 4.40. The first-order valence-electron chi connectivity index (χ1n) is 6.88. The molecular weight excluding hydrogens is 273 g/mol. The number of nitrogens with one attached hydrogen (secondary N) is 1. The number of aliphatic hydroxyl groups excluding tert-OH is 1. The topological polar surface area (TPSA) is 32.3 Å². The fourth-order valence-corrected chi connectivity index (χ4v) is 3.00. The summed E-state index contributed by atoms with van der Waals surface area (Å²) in [5.41, 5.74) is 0.926. The maximum absolute atomic E-state index is 13.2. The van der Waals surface area contributed by atoms with Gasteiger partial charge in [-0.2, -0.15) is 0 Å². The quantitative estimate of drug-likeness (QED) is 0.813. The molecule has 1 aromatic heterocycles. The minimum Gasteiger partial charge on any atom is -0.396 e. The number of halogens is 1. The fourth-order valence-electron chi connectivity index (χ4n) is 2.04. The third-order valence-electron chi connectivity index (χ3n) is 3.19. The van der Waals surface area contributed by atoms with E-state index in [-0.39, 0.29) is 12.4 Å². The first-order chi connectivity index (χ1) is 9.69. The van der Waals surface area contributed by atoms with Crippen molar-refractivity contribution in [2.24, 2.45) is 0 Å². The Hall–Kier alpha value is -1.23. The van der Waals surface area contributed by atoms with E-state index in [4.69, 9.17) is 5.11 Å². The molecule has 1 atom stereocenters. The molecule has 0 aliphatic rings. The van der Waals surface area contributed by atoms with Crippen molar-refractivity contribution in [3.63, 3.8) is 0 Å². The lowest BCUT2D eigenvalue weighted by Crippen LogP contribution is -2.25. The highest BCUT2D eigenvalue weighted by Crippen LogP contribution is 2.28. The molecule has 0 saturated heterocycles. The van der Waals surface area contributed by atoms with E-state index in [9.17, 15) is 4.39 Å². The Kier molecular flexibility index (Phi) is 5.71. The molecule has 0 saturated carbocycles. The molecule has 0 spiro atoms. The molecule has 0 aliphatic carbocycles. The monoisotopic (exact) mass is 293 g/mol. The molecule has 108 valence electrons. The van der Waals surface area contributed by atoms with E-state index in [0.717, 1.165) is 29.8 Å². The molecule has 4 heteroatoms. The number of aliphatic hydroxyl groups is 1.